The lowest BCUT2D eigenvalue weighted by Gasteiger charge is -2.31. The third kappa shape index (κ3) is 4.12. The van der Waals surface area contributed by atoms with Crippen LogP contribution in [-0.2, 0) is 20.7 Å². The van der Waals surface area contributed by atoms with Gasteiger partial charge < -0.3 is 14.6 Å². The van der Waals surface area contributed by atoms with Crippen LogP contribution < -0.4 is 5.56 Å². The third-order valence-corrected chi connectivity index (χ3v) is 4.83. The molecule has 1 aliphatic rings. The van der Waals surface area contributed by atoms with Crippen molar-refractivity contribution in [1.82, 2.24) is 9.88 Å². The van der Waals surface area contributed by atoms with Crippen molar-refractivity contribution in [3.8, 4) is 0 Å². The third-order valence-electron chi connectivity index (χ3n) is 4.83. The van der Waals surface area contributed by atoms with E-state index in [0.717, 1.165) is 23.7 Å². The highest BCUT2D eigenvalue weighted by Crippen LogP contribution is 2.19. The van der Waals surface area contributed by atoms with E-state index in [1.54, 1.807) is 11.8 Å². The molecule has 26 heavy (non-hydrogen) atoms. The van der Waals surface area contributed by atoms with Crippen LogP contribution in [0.15, 0.2) is 35.1 Å². The van der Waals surface area contributed by atoms with Gasteiger partial charge in [0.2, 0.25) is 5.91 Å². The molecule has 0 unspecified atom stereocenters. The number of aromatic amines is 1. The quantitative estimate of drug-likeness (QED) is 0.834. The van der Waals surface area contributed by atoms with Crippen LogP contribution in [0, 0.1) is 5.92 Å². The lowest BCUT2D eigenvalue weighted by atomic mass is 9.97. The topological polar surface area (TPSA) is 79.5 Å². The van der Waals surface area contributed by atoms with Crippen LogP contribution in [0.25, 0.3) is 10.9 Å². The van der Waals surface area contributed by atoms with Gasteiger partial charge in [-0.15, -0.1) is 0 Å². The van der Waals surface area contributed by atoms with E-state index >= 15 is 0 Å². The van der Waals surface area contributed by atoms with Crippen LogP contribution >= 0.6 is 0 Å². The zero-order valence-corrected chi connectivity index (χ0v) is 15.0. The zero-order chi connectivity index (χ0) is 18.5. The van der Waals surface area contributed by atoms with Gasteiger partial charge in [-0.25, -0.2) is 0 Å². The number of fused-ring (bicyclic) bond motifs is 1. The molecule has 2 heterocycles. The molecule has 0 saturated carbocycles. The molecule has 0 aliphatic carbocycles. The lowest BCUT2D eigenvalue weighted by molar-refractivity contribution is -0.151. The summed E-state index contributed by atoms with van der Waals surface area (Å²) in [6.07, 6.45) is 2.20. The van der Waals surface area contributed by atoms with Crippen molar-refractivity contribution in [3.05, 3.63) is 46.2 Å². The van der Waals surface area contributed by atoms with Crippen molar-refractivity contribution >= 4 is 22.8 Å². The second kappa shape index (κ2) is 8.17. The lowest BCUT2D eigenvalue weighted by Crippen LogP contribution is -2.43. The summed E-state index contributed by atoms with van der Waals surface area (Å²) in [5.41, 5.74) is 1.25. The molecule has 1 aromatic heterocycles. The molecule has 1 aliphatic heterocycles. The van der Waals surface area contributed by atoms with Crippen molar-refractivity contribution in [3.63, 3.8) is 0 Å². The van der Waals surface area contributed by atoms with Crippen molar-refractivity contribution in [2.75, 3.05) is 19.7 Å². The minimum Gasteiger partial charge on any atom is -0.466 e. The standard InChI is InChI=1S/C20H24N2O4/c1-2-26-20(25)16-7-5-11-22(13-16)18(23)10-9-15-12-14-6-3-4-8-17(14)21-19(15)24/h3-4,6,8,12,16H,2,5,7,9-11,13H2,1H3,(H,21,24)/t16-/m1/s1. The fourth-order valence-electron chi connectivity index (χ4n) is 3.43. The van der Waals surface area contributed by atoms with Crippen molar-refractivity contribution in [2.24, 2.45) is 5.92 Å². The molecule has 1 saturated heterocycles. The highest BCUT2D eigenvalue weighted by atomic mass is 16.5. The summed E-state index contributed by atoms with van der Waals surface area (Å²) in [5.74, 6) is -0.487. The number of ether oxygens (including phenoxy) is 1. The molecule has 1 aromatic carbocycles. The molecule has 6 nitrogen and oxygen atoms in total. The normalized spacial score (nSPS) is 17.3. The van der Waals surface area contributed by atoms with E-state index < -0.39 is 0 Å². The summed E-state index contributed by atoms with van der Waals surface area (Å²) in [6, 6.07) is 9.43. The van der Waals surface area contributed by atoms with Crippen molar-refractivity contribution < 1.29 is 14.3 Å². The van der Waals surface area contributed by atoms with Gasteiger partial charge in [0.25, 0.3) is 5.56 Å². The van der Waals surface area contributed by atoms with Crippen molar-refractivity contribution in [2.45, 2.75) is 32.6 Å². The summed E-state index contributed by atoms with van der Waals surface area (Å²) >= 11 is 0. The molecule has 1 amide bonds. The Kier molecular flexibility index (Phi) is 5.71. The predicted octanol–water partition coefficient (Wildman–Crippen LogP) is 2.26. The number of nitrogens with zero attached hydrogens (tertiary/aromatic N) is 1. The van der Waals surface area contributed by atoms with Crippen LogP contribution in [0.2, 0.25) is 0 Å². The number of pyridine rings is 1. The number of rotatable bonds is 5. The van der Waals surface area contributed by atoms with Gasteiger partial charge in [-0.1, -0.05) is 18.2 Å². The first-order chi connectivity index (χ1) is 12.6. The first-order valence-electron chi connectivity index (χ1n) is 9.14. The highest BCUT2D eigenvalue weighted by molar-refractivity contribution is 5.80. The number of carbonyl (C=O) groups excluding carboxylic acids is 2. The number of carbonyl (C=O) groups is 2. The minimum atomic E-state index is -0.239. The summed E-state index contributed by atoms with van der Waals surface area (Å²) in [6.45, 7) is 3.20. The van der Waals surface area contributed by atoms with Gasteiger partial charge in [0.05, 0.1) is 12.5 Å². The Hall–Kier alpha value is -2.63. The molecule has 138 valence electrons. The second-order valence-corrected chi connectivity index (χ2v) is 6.64. The molecule has 0 bridgehead atoms. The Labute approximate surface area is 152 Å². The van der Waals surface area contributed by atoms with Gasteiger partial charge in [0.1, 0.15) is 0 Å². The van der Waals surface area contributed by atoms with Gasteiger partial charge in [0.15, 0.2) is 0 Å². The predicted molar refractivity (Wildman–Crippen MR) is 98.8 cm³/mol. The number of H-pyrrole nitrogens is 1. The fraction of sp³-hybridized carbons (Fsp3) is 0.450. The summed E-state index contributed by atoms with van der Waals surface area (Å²) in [5, 5.41) is 0.954. The molecule has 1 fully saturated rings. The molecular formula is C20H24N2O4. The number of likely N-dealkylation sites (tertiary alicyclic amines) is 1. The van der Waals surface area contributed by atoms with E-state index in [4.69, 9.17) is 4.74 Å². The minimum absolute atomic E-state index is 0.0217. The maximum Gasteiger partial charge on any atom is 0.310 e. The average molecular weight is 356 g/mol. The van der Waals surface area contributed by atoms with Crippen LogP contribution in [0.5, 0.6) is 0 Å². The van der Waals surface area contributed by atoms with Gasteiger partial charge in [-0.2, -0.15) is 0 Å². The first kappa shape index (κ1) is 18.2. The number of para-hydroxylation sites is 1. The van der Waals surface area contributed by atoms with Crippen LogP contribution in [0.1, 0.15) is 31.7 Å². The molecule has 1 N–H and O–H groups in total. The maximum atomic E-state index is 12.5. The number of piperidine rings is 1. The number of aromatic nitrogens is 1. The Balaban J connectivity index is 1.62. The fourth-order valence-corrected chi connectivity index (χ4v) is 3.43. The van der Waals surface area contributed by atoms with E-state index in [-0.39, 0.29) is 29.8 Å². The van der Waals surface area contributed by atoms with Crippen LogP contribution in [0.4, 0.5) is 0 Å². The highest BCUT2D eigenvalue weighted by Gasteiger charge is 2.29. The SMILES string of the molecule is CCOC(=O)[C@@H]1CCCN(C(=O)CCc2cc3ccccc3[nH]c2=O)C1. The molecular weight excluding hydrogens is 332 g/mol. The largest absolute Gasteiger partial charge is 0.466 e. The maximum absolute atomic E-state index is 12.5. The number of nitrogens with one attached hydrogen (secondary N) is 1. The summed E-state index contributed by atoms with van der Waals surface area (Å²) in [4.78, 5) is 41.2. The second-order valence-electron chi connectivity index (χ2n) is 6.64. The number of amides is 1. The van der Waals surface area contributed by atoms with E-state index in [1.807, 2.05) is 30.3 Å². The van der Waals surface area contributed by atoms with E-state index in [1.165, 1.54) is 0 Å². The smallest absolute Gasteiger partial charge is 0.310 e. The number of hydrogen-bond donors (Lipinski definition) is 1. The Bertz CT molecular complexity index is 858. The van der Waals surface area contributed by atoms with Gasteiger partial charge in [-0.05, 0) is 43.7 Å². The number of benzene rings is 1. The Morgan fingerprint density at radius 1 is 1.31 bits per heavy atom. The first-order valence-corrected chi connectivity index (χ1v) is 9.14. The van der Waals surface area contributed by atoms with Crippen LogP contribution in [0.3, 0.4) is 0 Å². The Morgan fingerprint density at radius 3 is 2.92 bits per heavy atom. The molecule has 6 heteroatoms. The molecule has 0 radical (unpaired) electrons. The van der Waals surface area contributed by atoms with E-state index in [0.29, 0.717) is 31.7 Å². The molecule has 3 rings (SSSR count). The van der Waals surface area contributed by atoms with Gasteiger partial charge in [0, 0.05) is 30.6 Å². The monoisotopic (exact) mass is 356 g/mol. The summed E-state index contributed by atoms with van der Waals surface area (Å²) < 4.78 is 5.07. The molecule has 0 spiro atoms. The molecule has 2 aromatic rings. The average Bonchev–Trinajstić information content (AvgIpc) is 2.66. The van der Waals surface area contributed by atoms with Crippen LogP contribution in [-0.4, -0.2) is 41.5 Å². The van der Waals surface area contributed by atoms with Crippen molar-refractivity contribution in [1.29, 1.82) is 0 Å². The number of aryl methyl sites for hydroxylation is 1. The Morgan fingerprint density at radius 2 is 2.12 bits per heavy atom. The number of esters is 1. The number of hydrogen-bond acceptors (Lipinski definition) is 4. The van der Waals surface area contributed by atoms with Gasteiger partial charge in [-0.3, -0.25) is 14.4 Å². The van der Waals surface area contributed by atoms with E-state index in [9.17, 15) is 14.4 Å². The summed E-state index contributed by atoms with van der Waals surface area (Å²) in [7, 11) is 0. The van der Waals surface area contributed by atoms with E-state index in [2.05, 4.69) is 4.98 Å². The van der Waals surface area contributed by atoms with Gasteiger partial charge >= 0.3 is 5.97 Å². The molecule has 1 atom stereocenters. The zero-order valence-electron chi connectivity index (χ0n) is 15.0.